The molecule has 4 heteroatoms. The summed E-state index contributed by atoms with van der Waals surface area (Å²) in [5.41, 5.74) is 3.50. The molecule has 0 saturated carbocycles. The molecule has 0 aliphatic rings. The Morgan fingerprint density at radius 1 is 1.25 bits per heavy atom. The minimum atomic E-state index is -0.200. The maximum absolute atomic E-state index is 11.7. The fourth-order valence-electron chi connectivity index (χ4n) is 1.88. The first-order valence-electron chi connectivity index (χ1n) is 6.50. The third-order valence-electron chi connectivity index (χ3n) is 2.92. The molecule has 2 aromatic rings. The second-order valence-corrected chi connectivity index (χ2v) is 4.69. The lowest BCUT2D eigenvalue weighted by Crippen LogP contribution is -2.18. The van der Waals surface area contributed by atoms with E-state index in [9.17, 15) is 4.79 Å². The zero-order chi connectivity index (χ0) is 14.4. The monoisotopic (exact) mass is 270 g/mol. The van der Waals surface area contributed by atoms with Gasteiger partial charge in [0.15, 0.2) is 0 Å². The van der Waals surface area contributed by atoms with Gasteiger partial charge in [0.05, 0.1) is 6.61 Å². The number of ether oxygens (including phenoxy) is 1. The van der Waals surface area contributed by atoms with Gasteiger partial charge in [-0.05, 0) is 37.1 Å². The smallest absolute Gasteiger partial charge is 0.251 e. The van der Waals surface area contributed by atoms with Crippen LogP contribution in [0.3, 0.4) is 0 Å². The maximum atomic E-state index is 11.7. The van der Waals surface area contributed by atoms with Crippen LogP contribution in [0.5, 0.6) is 0 Å². The van der Waals surface area contributed by atoms with Gasteiger partial charge in [-0.1, -0.05) is 29.8 Å². The number of rotatable bonds is 5. The van der Waals surface area contributed by atoms with Crippen LogP contribution in [0.1, 0.15) is 16.7 Å². The largest absolute Gasteiger partial charge is 0.367 e. The third kappa shape index (κ3) is 4.17. The summed E-state index contributed by atoms with van der Waals surface area (Å²) in [4.78, 5) is 15.7. The normalized spacial score (nSPS) is 10.3. The second kappa shape index (κ2) is 6.82. The van der Waals surface area contributed by atoms with E-state index in [0.29, 0.717) is 12.4 Å². The Labute approximate surface area is 118 Å². The number of anilines is 1. The molecule has 0 atom stereocenters. The summed E-state index contributed by atoms with van der Waals surface area (Å²) in [5, 5.41) is 2.68. The Morgan fingerprint density at radius 2 is 2.10 bits per heavy atom. The van der Waals surface area contributed by atoms with Gasteiger partial charge in [-0.15, -0.1) is 0 Å². The van der Waals surface area contributed by atoms with E-state index in [2.05, 4.69) is 23.3 Å². The molecule has 0 saturated heterocycles. The zero-order valence-electron chi connectivity index (χ0n) is 11.7. The van der Waals surface area contributed by atoms with Crippen LogP contribution in [0.15, 0.2) is 42.6 Å². The topological polar surface area (TPSA) is 51.2 Å². The van der Waals surface area contributed by atoms with Crippen LogP contribution < -0.4 is 5.32 Å². The molecule has 0 fully saturated rings. The van der Waals surface area contributed by atoms with Gasteiger partial charge in [-0.2, -0.15) is 0 Å². The highest BCUT2D eigenvalue weighted by molar-refractivity contribution is 5.90. The summed E-state index contributed by atoms with van der Waals surface area (Å²) in [6.07, 6.45) is 1.63. The minimum absolute atomic E-state index is 0.0177. The third-order valence-corrected chi connectivity index (χ3v) is 2.92. The summed E-state index contributed by atoms with van der Waals surface area (Å²) in [5.74, 6) is 0.334. The SMILES string of the molecule is Cc1ccc(COCC(=O)Nc2ccccn2)c(C)c1. The molecule has 4 nitrogen and oxygen atoms in total. The van der Waals surface area contributed by atoms with Crippen molar-refractivity contribution < 1.29 is 9.53 Å². The zero-order valence-corrected chi connectivity index (χ0v) is 11.7. The molecule has 104 valence electrons. The second-order valence-electron chi connectivity index (χ2n) is 4.69. The molecule has 1 heterocycles. The van der Waals surface area contributed by atoms with Crippen molar-refractivity contribution in [2.45, 2.75) is 20.5 Å². The first-order valence-corrected chi connectivity index (χ1v) is 6.50. The highest BCUT2D eigenvalue weighted by atomic mass is 16.5. The van der Waals surface area contributed by atoms with E-state index in [-0.39, 0.29) is 12.5 Å². The number of amides is 1. The fraction of sp³-hybridized carbons (Fsp3) is 0.250. The lowest BCUT2D eigenvalue weighted by atomic mass is 10.1. The Kier molecular flexibility index (Phi) is 4.85. The van der Waals surface area contributed by atoms with Crippen LogP contribution >= 0.6 is 0 Å². The quantitative estimate of drug-likeness (QED) is 0.909. The minimum Gasteiger partial charge on any atom is -0.367 e. The molecule has 0 spiro atoms. The number of nitrogens with zero attached hydrogens (tertiary/aromatic N) is 1. The number of carbonyl (C=O) groups is 1. The van der Waals surface area contributed by atoms with Crippen molar-refractivity contribution in [1.82, 2.24) is 4.98 Å². The van der Waals surface area contributed by atoms with E-state index in [1.54, 1.807) is 18.3 Å². The molecule has 1 amide bonds. The summed E-state index contributed by atoms with van der Waals surface area (Å²) in [6.45, 7) is 4.54. The van der Waals surface area contributed by atoms with Crippen LogP contribution in [0.4, 0.5) is 5.82 Å². The standard InChI is InChI=1S/C16H18N2O2/c1-12-6-7-14(13(2)9-12)10-20-11-16(19)18-15-5-3-4-8-17-15/h3-9H,10-11H2,1-2H3,(H,17,18,19). The van der Waals surface area contributed by atoms with E-state index >= 15 is 0 Å². The molecule has 0 unspecified atom stereocenters. The molecule has 0 bridgehead atoms. The molecule has 0 radical (unpaired) electrons. The number of aromatic nitrogens is 1. The summed E-state index contributed by atoms with van der Waals surface area (Å²) in [6, 6.07) is 11.5. The van der Waals surface area contributed by atoms with E-state index in [1.165, 1.54) is 11.1 Å². The van der Waals surface area contributed by atoms with Gasteiger partial charge >= 0.3 is 0 Å². The molecule has 2 rings (SSSR count). The van der Waals surface area contributed by atoms with E-state index < -0.39 is 0 Å². The molecule has 1 aromatic heterocycles. The maximum Gasteiger partial charge on any atom is 0.251 e. The number of pyridine rings is 1. The average molecular weight is 270 g/mol. The molecule has 20 heavy (non-hydrogen) atoms. The lowest BCUT2D eigenvalue weighted by Gasteiger charge is -2.08. The molecular weight excluding hydrogens is 252 g/mol. The highest BCUT2D eigenvalue weighted by Gasteiger charge is 2.04. The molecule has 0 aliphatic heterocycles. The first-order chi connectivity index (χ1) is 9.65. The van der Waals surface area contributed by atoms with Gasteiger partial charge in [0, 0.05) is 6.20 Å². The van der Waals surface area contributed by atoms with Crippen molar-refractivity contribution in [2.75, 3.05) is 11.9 Å². The number of carbonyl (C=O) groups excluding carboxylic acids is 1. The summed E-state index contributed by atoms with van der Waals surface area (Å²) >= 11 is 0. The Balaban J connectivity index is 1.79. The van der Waals surface area contributed by atoms with Crippen LogP contribution in [0.2, 0.25) is 0 Å². The predicted molar refractivity (Wildman–Crippen MR) is 78.4 cm³/mol. The Bertz CT molecular complexity index is 582. The number of hydrogen-bond acceptors (Lipinski definition) is 3. The predicted octanol–water partition coefficient (Wildman–Crippen LogP) is 2.85. The number of aryl methyl sites for hydroxylation is 2. The van der Waals surface area contributed by atoms with Crippen LogP contribution in [0.25, 0.3) is 0 Å². The van der Waals surface area contributed by atoms with E-state index in [1.807, 2.05) is 25.1 Å². The molecule has 1 aromatic carbocycles. The Hall–Kier alpha value is -2.20. The van der Waals surface area contributed by atoms with Crippen molar-refractivity contribution in [1.29, 1.82) is 0 Å². The van der Waals surface area contributed by atoms with Gasteiger partial charge in [0.25, 0.3) is 5.91 Å². The van der Waals surface area contributed by atoms with Crippen LogP contribution in [-0.2, 0) is 16.1 Å². The van der Waals surface area contributed by atoms with Gasteiger partial charge in [-0.3, -0.25) is 4.79 Å². The average Bonchev–Trinajstić information content (AvgIpc) is 2.42. The van der Waals surface area contributed by atoms with Crippen LogP contribution in [-0.4, -0.2) is 17.5 Å². The summed E-state index contributed by atoms with van der Waals surface area (Å²) in [7, 11) is 0. The molecule has 1 N–H and O–H groups in total. The number of benzene rings is 1. The van der Waals surface area contributed by atoms with Gasteiger partial charge in [-0.25, -0.2) is 4.98 Å². The van der Waals surface area contributed by atoms with E-state index in [4.69, 9.17) is 4.74 Å². The van der Waals surface area contributed by atoms with Crippen LogP contribution in [0, 0.1) is 13.8 Å². The molecular formula is C16H18N2O2. The van der Waals surface area contributed by atoms with Crippen molar-refractivity contribution in [3.63, 3.8) is 0 Å². The van der Waals surface area contributed by atoms with Gasteiger partial charge in [0.2, 0.25) is 0 Å². The summed E-state index contributed by atoms with van der Waals surface area (Å²) < 4.78 is 5.43. The van der Waals surface area contributed by atoms with Crippen molar-refractivity contribution >= 4 is 11.7 Å². The number of nitrogens with one attached hydrogen (secondary N) is 1. The van der Waals surface area contributed by atoms with Gasteiger partial charge < -0.3 is 10.1 Å². The first kappa shape index (κ1) is 14.2. The Morgan fingerprint density at radius 3 is 2.80 bits per heavy atom. The van der Waals surface area contributed by atoms with Crippen molar-refractivity contribution in [3.8, 4) is 0 Å². The molecule has 0 aliphatic carbocycles. The fourth-order valence-corrected chi connectivity index (χ4v) is 1.88. The van der Waals surface area contributed by atoms with Crippen molar-refractivity contribution in [3.05, 3.63) is 59.3 Å². The highest BCUT2D eigenvalue weighted by Crippen LogP contribution is 2.11. The van der Waals surface area contributed by atoms with Crippen molar-refractivity contribution in [2.24, 2.45) is 0 Å². The van der Waals surface area contributed by atoms with Gasteiger partial charge in [0.1, 0.15) is 12.4 Å². The van der Waals surface area contributed by atoms with E-state index in [0.717, 1.165) is 5.56 Å². The lowest BCUT2D eigenvalue weighted by molar-refractivity contribution is -0.121. The number of hydrogen-bond donors (Lipinski definition) is 1.